The minimum atomic E-state index is -0.832. The minimum absolute atomic E-state index is 0.119. The number of unbranched alkanes of at least 4 members (excludes halogenated alkanes) is 22. The molecule has 0 aliphatic rings. The van der Waals surface area contributed by atoms with Crippen molar-refractivity contribution in [2.75, 3.05) is 13.2 Å². The second kappa shape index (κ2) is 63.1. The third-order valence-electron chi connectivity index (χ3n) is 12.9. The second-order valence-corrected chi connectivity index (χ2v) is 20.2. The third kappa shape index (κ3) is 60.4. The van der Waals surface area contributed by atoms with E-state index in [1.165, 1.54) is 109 Å². The lowest BCUT2D eigenvalue weighted by Gasteiger charge is -2.18. The molecular weight excluding hydrogens is 937 g/mol. The lowest BCUT2D eigenvalue weighted by atomic mass is 10.1. The van der Waals surface area contributed by atoms with Gasteiger partial charge in [-0.25, -0.2) is 0 Å². The fraction of sp³-hybridized carbons (Fsp3) is 0.643. The number of hydrogen-bond acceptors (Lipinski definition) is 6. The summed E-state index contributed by atoms with van der Waals surface area (Å²) in [6, 6.07) is 0. The summed E-state index contributed by atoms with van der Waals surface area (Å²) in [6.07, 6.45) is 88.9. The first-order valence-electron chi connectivity index (χ1n) is 31.2. The van der Waals surface area contributed by atoms with Gasteiger partial charge in [0, 0.05) is 19.3 Å². The maximum atomic E-state index is 12.9. The molecule has 1 unspecified atom stereocenters. The van der Waals surface area contributed by atoms with Crippen molar-refractivity contribution in [1.82, 2.24) is 0 Å². The van der Waals surface area contributed by atoms with Gasteiger partial charge in [-0.3, -0.25) is 14.4 Å². The van der Waals surface area contributed by atoms with Crippen molar-refractivity contribution in [3.63, 3.8) is 0 Å². The molecule has 6 heteroatoms. The summed E-state index contributed by atoms with van der Waals surface area (Å²) in [5, 5.41) is 0. The maximum Gasteiger partial charge on any atom is 0.306 e. The van der Waals surface area contributed by atoms with Gasteiger partial charge in [-0.15, -0.1) is 0 Å². The Morgan fingerprint density at radius 2 is 0.553 bits per heavy atom. The van der Waals surface area contributed by atoms with E-state index in [-0.39, 0.29) is 31.6 Å². The van der Waals surface area contributed by atoms with E-state index in [9.17, 15) is 14.4 Å². The van der Waals surface area contributed by atoms with Crippen LogP contribution in [0.2, 0.25) is 0 Å². The van der Waals surface area contributed by atoms with Gasteiger partial charge in [0.05, 0.1) is 0 Å². The molecule has 0 amide bonds. The predicted octanol–water partition coefficient (Wildman–Crippen LogP) is 21.4. The van der Waals surface area contributed by atoms with E-state index < -0.39 is 12.1 Å². The molecule has 0 N–H and O–H groups in total. The van der Waals surface area contributed by atoms with E-state index in [1.807, 2.05) is 12.2 Å². The molecule has 0 aliphatic heterocycles. The summed E-state index contributed by atoms with van der Waals surface area (Å²) < 4.78 is 16.8. The first-order chi connectivity index (χ1) is 37.5. The number of hydrogen-bond donors (Lipinski definition) is 0. The summed E-state index contributed by atoms with van der Waals surface area (Å²) in [5.74, 6) is -1.02. The van der Waals surface area contributed by atoms with E-state index in [1.54, 1.807) is 0 Å². The Balaban J connectivity index is 4.46. The fourth-order valence-electron chi connectivity index (χ4n) is 8.20. The summed E-state index contributed by atoms with van der Waals surface area (Å²) in [7, 11) is 0. The molecule has 0 aromatic carbocycles. The van der Waals surface area contributed by atoms with E-state index in [4.69, 9.17) is 14.2 Å². The first kappa shape index (κ1) is 71.5. The van der Waals surface area contributed by atoms with Crippen LogP contribution in [-0.2, 0) is 28.6 Å². The Morgan fingerprint density at radius 1 is 0.276 bits per heavy atom. The summed E-state index contributed by atoms with van der Waals surface area (Å²) >= 11 is 0. The second-order valence-electron chi connectivity index (χ2n) is 20.2. The van der Waals surface area contributed by atoms with Gasteiger partial charge in [0.15, 0.2) is 6.10 Å². The van der Waals surface area contributed by atoms with E-state index in [0.29, 0.717) is 19.3 Å². The molecule has 0 fully saturated rings. The minimum Gasteiger partial charge on any atom is -0.462 e. The van der Waals surface area contributed by atoms with Crippen molar-refractivity contribution >= 4 is 17.9 Å². The van der Waals surface area contributed by atoms with Crippen LogP contribution in [0.5, 0.6) is 0 Å². The standard InChI is InChI=1S/C70H114O6/c1-4-7-10-13-16-19-22-25-28-30-32-33-34-35-36-37-39-40-42-45-48-51-54-57-60-63-69(72)75-66-67(65-74-68(71)62-59-56-53-50-47-44-27-24-21-18-15-12-9-6-3)76-70(73)64-61-58-55-52-49-46-43-41-38-31-29-26-23-20-17-14-11-8-5-2/h8,11,15,17-18,20,22,24-27,29-30,32,34-35,38,41,46,49,55,58,67H,4-7,9-10,12-14,16,19,21,23,28,31,33,36-37,39-40,42-45,47-48,50-54,56-57,59-66H2,1-3H3/b11-8-,18-15-,20-17-,25-22-,27-24-,29-26-,32-30-,35-34-,41-38-,49-46-,58-55-. The number of esters is 3. The van der Waals surface area contributed by atoms with Crippen LogP contribution in [0.3, 0.4) is 0 Å². The molecule has 0 saturated heterocycles. The number of carbonyl (C=O) groups excluding carboxylic acids is 3. The monoisotopic (exact) mass is 1050 g/mol. The molecule has 0 aromatic heterocycles. The zero-order valence-corrected chi connectivity index (χ0v) is 49.2. The van der Waals surface area contributed by atoms with Gasteiger partial charge in [0.25, 0.3) is 0 Å². The Hall–Kier alpha value is -4.45. The van der Waals surface area contributed by atoms with Crippen molar-refractivity contribution in [2.24, 2.45) is 0 Å². The number of rotatable bonds is 55. The molecule has 430 valence electrons. The van der Waals surface area contributed by atoms with Gasteiger partial charge >= 0.3 is 17.9 Å². The van der Waals surface area contributed by atoms with Crippen molar-refractivity contribution in [3.8, 4) is 0 Å². The first-order valence-corrected chi connectivity index (χ1v) is 31.2. The zero-order chi connectivity index (χ0) is 55.0. The zero-order valence-electron chi connectivity index (χ0n) is 49.2. The van der Waals surface area contributed by atoms with Crippen LogP contribution in [0.1, 0.15) is 271 Å². The van der Waals surface area contributed by atoms with Crippen LogP contribution >= 0.6 is 0 Å². The van der Waals surface area contributed by atoms with Gasteiger partial charge < -0.3 is 14.2 Å². The van der Waals surface area contributed by atoms with E-state index >= 15 is 0 Å². The SMILES string of the molecule is CC/C=C\C/C=C\C/C=C\C/C=C\C/C=C\C/C=C\CCC(=O)OC(COC(=O)CCCCCCC/C=C\C/C=C\CCCC)COC(=O)CCCCCCCCCCCC/C=C\C/C=C\C/C=C\CCCCCCC. The van der Waals surface area contributed by atoms with Gasteiger partial charge in [0.2, 0.25) is 0 Å². The smallest absolute Gasteiger partial charge is 0.306 e. The lowest BCUT2D eigenvalue weighted by molar-refractivity contribution is -0.166. The van der Waals surface area contributed by atoms with Gasteiger partial charge in [0.1, 0.15) is 13.2 Å². The highest BCUT2D eigenvalue weighted by molar-refractivity contribution is 5.71. The van der Waals surface area contributed by atoms with Crippen LogP contribution in [0.15, 0.2) is 134 Å². The van der Waals surface area contributed by atoms with Crippen LogP contribution in [0.4, 0.5) is 0 Å². The maximum absolute atomic E-state index is 12.9. The Morgan fingerprint density at radius 3 is 0.895 bits per heavy atom. The van der Waals surface area contributed by atoms with Crippen LogP contribution in [0, 0.1) is 0 Å². The molecule has 0 aliphatic carbocycles. The highest BCUT2D eigenvalue weighted by atomic mass is 16.6. The number of ether oxygens (including phenoxy) is 3. The van der Waals surface area contributed by atoms with E-state index in [0.717, 1.165) is 116 Å². The van der Waals surface area contributed by atoms with Crippen LogP contribution < -0.4 is 0 Å². The van der Waals surface area contributed by atoms with Crippen LogP contribution in [-0.4, -0.2) is 37.2 Å². The summed E-state index contributed by atoms with van der Waals surface area (Å²) in [5.41, 5.74) is 0. The van der Waals surface area contributed by atoms with Crippen molar-refractivity contribution < 1.29 is 28.6 Å². The predicted molar refractivity (Wildman–Crippen MR) is 329 cm³/mol. The Bertz CT molecular complexity index is 1630. The molecule has 6 nitrogen and oxygen atoms in total. The molecule has 0 radical (unpaired) electrons. The molecule has 0 bridgehead atoms. The van der Waals surface area contributed by atoms with E-state index in [2.05, 4.69) is 142 Å². The normalized spacial score (nSPS) is 13.0. The largest absolute Gasteiger partial charge is 0.462 e. The van der Waals surface area contributed by atoms with Gasteiger partial charge in [-0.05, 0) is 122 Å². The van der Waals surface area contributed by atoms with Crippen molar-refractivity contribution in [1.29, 1.82) is 0 Å². The van der Waals surface area contributed by atoms with Crippen molar-refractivity contribution in [3.05, 3.63) is 134 Å². The molecule has 0 spiro atoms. The molecule has 0 aromatic rings. The van der Waals surface area contributed by atoms with Crippen LogP contribution in [0.25, 0.3) is 0 Å². The molecule has 1 atom stereocenters. The van der Waals surface area contributed by atoms with Gasteiger partial charge in [-0.1, -0.05) is 264 Å². The quantitative estimate of drug-likeness (QED) is 0.0261. The summed E-state index contributed by atoms with van der Waals surface area (Å²) in [4.78, 5) is 38.2. The highest BCUT2D eigenvalue weighted by Crippen LogP contribution is 2.14. The van der Waals surface area contributed by atoms with Crippen molar-refractivity contribution in [2.45, 2.75) is 277 Å². The summed E-state index contributed by atoms with van der Waals surface area (Å²) in [6.45, 7) is 6.40. The molecule has 0 saturated carbocycles. The average Bonchev–Trinajstić information content (AvgIpc) is 3.42. The molecule has 0 heterocycles. The average molecular weight is 1050 g/mol. The topological polar surface area (TPSA) is 78.9 Å². The highest BCUT2D eigenvalue weighted by Gasteiger charge is 2.19. The Kier molecular flexibility index (Phi) is 59.4. The van der Waals surface area contributed by atoms with Gasteiger partial charge in [-0.2, -0.15) is 0 Å². The third-order valence-corrected chi connectivity index (χ3v) is 12.9. The number of carbonyl (C=O) groups is 3. The molecular formula is C70H114O6. The Labute approximate surface area is 468 Å². The fourth-order valence-corrected chi connectivity index (χ4v) is 8.20. The molecule has 76 heavy (non-hydrogen) atoms. The number of allylic oxidation sites excluding steroid dienone is 22. The molecule has 0 rings (SSSR count). The lowest BCUT2D eigenvalue weighted by Crippen LogP contribution is -2.30.